The van der Waals surface area contributed by atoms with Crippen LogP contribution in [0.3, 0.4) is 0 Å². The first kappa shape index (κ1) is 20.0. The molecule has 0 spiro atoms. The predicted molar refractivity (Wildman–Crippen MR) is 107 cm³/mol. The lowest BCUT2D eigenvalue weighted by Crippen LogP contribution is -2.43. The molecule has 2 aromatic rings. The summed E-state index contributed by atoms with van der Waals surface area (Å²) in [5.74, 6) is -0.542. The number of rotatable bonds is 5. The van der Waals surface area contributed by atoms with Gasteiger partial charge in [0.1, 0.15) is 6.04 Å². The van der Waals surface area contributed by atoms with E-state index < -0.39 is 16.1 Å². The van der Waals surface area contributed by atoms with E-state index in [1.54, 1.807) is 48.5 Å². The molecule has 1 saturated heterocycles. The van der Waals surface area contributed by atoms with E-state index in [-0.39, 0.29) is 16.7 Å². The van der Waals surface area contributed by atoms with E-state index >= 15 is 0 Å². The minimum absolute atomic E-state index is 0.181. The predicted octanol–water partition coefficient (Wildman–Crippen LogP) is 2.75. The minimum atomic E-state index is -3.74. The maximum absolute atomic E-state index is 13.0. The zero-order valence-electron chi connectivity index (χ0n) is 15.8. The van der Waals surface area contributed by atoms with Gasteiger partial charge in [-0.1, -0.05) is 17.7 Å². The smallest absolute Gasteiger partial charge is 0.243 e. The van der Waals surface area contributed by atoms with Gasteiger partial charge in [0, 0.05) is 24.8 Å². The quantitative estimate of drug-likeness (QED) is 0.805. The van der Waals surface area contributed by atoms with Gasteiger partial charge in [0.15, 0.2) is 0 Å². The summed E-state index contributed by atoms with van der Waals surface area (Å²) in [5, 5.41) is 5.42. The van der Waals surface area contributed by atoms with E-state index in [2.05, 4.69) is 10.6 Å². The average molecular weight is 401 g/mol. The topological polar surface area (TPSA) is 95.6 Å². The number of carbonyl (C=O) groups excluding carboxylic acids is 2. The molecule has 8 heteroatoms. The Balaban J connectivity index is 1.74. The van der Waals surface area contributed by atoms with E-state index in [9.17, 15) is 18.0 Å². The Labute approximate surface area is 164 Å². The lowest BCUT2D eigenvalue weighted by molar-refractivity contribution is -0.119. The molecular formula is C20H23N3O4S. The molecule has 28 heavy (non-hydrogen) atoms. The summed E-state index contributed by atoms with van der Waals surface area (Å²) in [6.07, 6.45) is 1.10. The van der Waals surface area contributed by atoms with E-state index in [1.807, 2.05) is 6.92 Å². The number of carbonyl (C=O) groups is 2. The van der Waals surface area contributed by atoms with Crippen molar-refractivity contribution >= 4 is 33.2 Å². The highest BCUT2D eigenvalue weighted by Crippen LogP contribution is 2.27. The molecule has 2 N–H and O–H groups in total. The second kappa shape index (κ2) is 8.12. The Morgan fingerprint density at radius 2 is 1.54 bits per heavy atom. The van der Waals surface area contributed by atoms with Crippen molar-refractivity contribution < 1.29 is 18.0 Å². The van der Waals surface area contributed by atoms with Crippen LogP contribution in [0.2, 0.25) is 0 Å². The molecular weight excluding hydrogens is 378 g/mol. The first-order chi connectivity index (χ1) is 13.3. The van der Waals surface area contributed by atoms with Gasteiger partial charge in [-0.25, -0.2) is 8.42 Å². The molecule has 0 aliphatic carbocycles. The first-order valence-electron chi connectivity index (χ1n) is 9.04. The van der Waals surface area contributed by atoms with Gasteiger partial charge in [-0.2, -0.15) is 4.31 Å². The molecule has 2 aromatic carbocycles. The fraction of sp³-hybridized carbons (Fsp3) is 0.300. The van der Waals surface area contributed by atoms with Crippen LogP contribution in [-0.2, 0) is 19.6 Å². The van der Waals surface area contributed by atoms with Gasteiger partial charge in [0.05, 0.1) is 4.90 Å². The molecule has 1 aliphatic rings. The molecule has 0 aromatic heterocycles. The van der Waals surface area contributed by atoms with Crippen LogP contribution in [-0.4, -0.2) is 37.1 Å². The molecule has 1 aliphatic heterocycles. The third-order valence-corrected chi connectivity index (χ3v) is 6.53. The van der Waals surface area contributed by atoms with Gasteiger partial charge in [-0.05, 0) is 56.2 Å². The number of benzene rings is 2. The summed E-state index contributed by atoms with van der Waals surface area (Å²) in [7, 11) is -3.74. The van der Waals surface area contributed by atoms with Crippen LogP contribution in [0.15, 0.2) is 53.4 Å². The molecule has 0 radical (unpaired) electrons. The number of hydrogen-bond donors (Lipinski definition) is 2. The van der Waals surface area contributed by atoms with Crippen molar-refractivity contribution in [2.24, 2.45) is 0 Å². The van der Waals surface area contributed by atoms with Gasteiger partial charge in [0.25, 0.3) is 0 Å². The van der Waals surface area contributed by atoms with Crippen molar-refractivity contribution in [2.45, 2.75) is 37.6 Å². The molecule has 0 bridgehead atoms. The highest BCUT2D eigenvalue weighted by molar-refractivity contribution is 7.89. The monoisotopic (exact) mass is 401 g/mol. The van der Waals surface area contributed by atoms with Gasteiger partial charge >= 0.3 is 0 Å². The lowest BCUT2D eigenvalue weighted by Gasteiger charge is -2.23. The third-order valence-electron chi connectivity index (χ3n) is 4.61. The maximum atomic E-state index is 13.0. The van der Waals surface area contributed by atoms with Gasteiger partial charge in [-0.15, -0.1) is 0 Å². The number of aryl methyl sites for hydroxylation is 1. The number of hydrogen-bond acceptors (Lipinski definition) is 4. The maximum Gasteiger partial charge on any atom is 0.243 e. The van der Waals surface area contributed by atoms with Crippen LogP contribution in [0.5, 0.6) is 0 Å². The summed E-state index contributed by atoms with van der Waals surface area (Å²) in [6.45, 7) is 3.62. The molecule has 1 heterocycles. The van der Waals surface area contributed by atoms with Crippen LogP contribution < -0.4 is 10.6 Å². The average Bonchev–Trinajstić information content (AvgIpc) is 3.14. The highest BCUT2D eigenvalue weighted by atomic mass is 32.2. The Morgan fingerprint density at radius 3 is 2.11 bits per heavy atom. The number of nitrogens with one attached hydrogen (secondary N) is 2. The Bertz CT molecular complexity index is 970. The molecule has 0 saturated carbocycles. The van der Waals surface area contributed by atoms with Gasteiger partial charge in [0.2, 0.25) is 21.8 Å². The summed E-state index contributed by atoms with van der Waals surface area (Å²) >= 11 is 0. The number of sulfonamides is 1. The van der Waals surface area contributed by atoms with Gasteiger partial charge in [-0.3, -0.25) is 9.59 Å². The van der Waals surface area contributed by atoms with Crippen LogP contribution in [0, 0.1) is 6.92 Å². The summed E-state index contributed by atoms with van der Waals surface area (Å²) in [5.41, 5.74) is 2.13. The molecule has 148 valence electrons. The third kappa shape index (κ3) is 4.40. The fourth-order valence-corrected chi connectivity index (χ4v) is 4.86. The molecule has 2 amide bonds. The molecule has 1 unspecified atom stereocenters. The van der Waals surface area contributed by atoms with E-state index in [0.29, 0.717) is 30.8 Å². The number of nitrogens with zero attached hydrogens (tertiary/aromatic N) is 1. The van der Waals surface area contributed by atoms with Crippen LogP contribution in [0.4, 0.5) is 11.4 Å². The fourth-order valence-electron chi connectivity index (χ4n) is 3.20. The Morgan fingerprint density at radius 1 is 0.964 bits per heavy atom. The zero-order chi connectivity index (χ0) is 20.3. The molecule has 3 rings (SSSR count). The normalized spacial score (nSPS) is 17.3. The van der Waals surface area contributed by atoms with Crippen LogP contribution in [0.25, 0.3) is 0 Å². The lowest BCUT2D eigenvalue weighted by atomic mass is 10.2. The largest absolute Gasteiger partial charge is 0.326 e. The van der Waals surface area contributed by atoms with Crippen molar-refractivity contribution in [1.82, 2.24) is 4.31 Å². The summed E-state index contributed by atoms with van der Waals surface area (Å²) in [6, 6.07) is 12.6. The number of anilines is 2. The molecule has 1 atom stereocenters. The molecule has 1 fully saturated rings. The van der Waals surface area contributed by atoms with Crippen LogP contribution >= 0.6 is 0 Å². The Kier molecular flexibility index (Phi) is 5.81. The number of amides is 2. The molecule has 7 nitrogen and oxygen atoms in total. The van der Waals surface area contributed by atoms with E-state index in [1.165, 1.54) is 11.2 Å². The SMILES string of the molecule is CC(=O)Nc1ccc(NC(=O)C2CCCN2S(=O)(=O)c2ccc(C)cc2)cc1. The Hall–Kier alpha value is -2.71. The van der Waals surface area contributed by atoms with Crippen molar-refractivity contribution in [2.75, 3.05) is 17.2 Å². The van der Waals surface area contributed by atoms with Crippen molar-refractivity contribution in [3.05, 3.63) is 54.1 Å². The second-order valence-corrected chi connectivity index (χ2v) is 8.73. The van der Waals surface area contributed by atoms with E-state index in [4.69, 9.17) is 0 Å². The second-order valence-electron chi connectivity index (χ2n) is 6.83. The summed E-state index contributed by atoms with van der Waals surface area (Å²) < 4.78 is 27.2. The highest BCUT2D eigenvalue weighted by Gasteiger charge is 2.39. The minimum Gasteiger partial charge on any atom is -0.326 e. The van der Waals surface area contributed by atoms with E-state index in [0.717, 1.165) is 5.56 Å². The van der Waals surface area contributed by atoms with Crippen molar-refractivity contribution in [3.63, 3.8) is 0 Å². The zero-order valence-corrected chi connectivity index (χ0v) is 16.6. The standard InChI is InChI=1S/C20H23N3O4S/c1-14-5-11-18(12-6-14)28(26,27)23-13-3-4-19(23)20(25)22-17-9-7-16(8-10-17)21-15(2)24/h5-12,19H,3-4,13H2,1-2H3,(H,21,24)(H,22,25). The first-order valence-corrected chi connectivity index (χ1v) is 10.5. The van der Waals surface area contributed by atoms with Crippen molar-refractivity contribution in [1.29, 1.82) is 0 Å². The van der Waals surface area contributed by atoms with Crippen LogP contribution in [0.1, 0.15) is 25.3 Å². The van der Waals surface area contributed by atoms with Crippen molar-refractivity contribution in [3.8, 4) is 0 Å². The van der Waals surface area contributed by atoms with Gasteiger partial charge < -0.3 is 10.6 Å². The summed E-state index contributed by atoms with van der Waals surface area (Å²) in [4.78, 5) is 24.0.